The van der Waals surface area contributed by atoms with Gasteiger partial charge in [-0.2, -0.15) is 0 Å². The molecule has 3 rings (SSSR count). The zero-order chi connectivity index (χ0) is 17.6. The first-order chi connectivity index (χ1) is 12.2. The molecule has 2 aromatic rings. The van der Waals surface area contributed by atoms with Crippen LogP contribution in [0.2, 0.25) is 0 Å². The van der Waals surface area contributed by atoms with Gasteiger partial charge in [0, 0.05) is 13.1 Å². The molecule has 140 valence electrons. The Morgan fingerprint density at radius 3 is 2.19 bits per heavy atom. The topological polar surface area (TPSA) is 66.6 Å². The van der Waals surface area contributed by atoms with Crippen LogP contribution in [0.4, 0.5) is 0 Å². The van der Waals surface area contributed by atoms with Gasteiger partial charge in [-0.25, -0.2) is 0 Å². The summed E-state index contributed by atoms with van der Waals surface area (Å²) in [6, 6.07) is 18.4. The van der Waals surface area contributed by atoms with E-state index < -0.39 is 6.04 Å². The summed E-state index contributed by atoms with van der Waals surface area (Å²) in [6.07, 6.45) is 3.03. The fourth-order valence-corrected chi connectivity index (χ4v) is 3.47. The van der Waals surface area contributed by atoms with Crippen molar-refractivity contribution >= 4 is 18.3 Å². The third-order valence-electron chi connectivity index (χ3n) is 5.03. The predicted molar refractivity (Wildman–Crippen MR) is 107 cm³/mol. The molecule has 1 amide bonds. The molecule has 0 bridgehead atoms. The van der Waals surface area contributed by atoms with Crippen LogP contribution in [0.3, 0.4) is 0 Å². The normalized spacial score (nSPS) is 16.0. The monoisotopic (exact) mass is 374 g/mol. The van der Waals surface area contributed by atoms with Gasteiger partial charge in [0.2, 0.25) is 5.91 Å². The van der Waals surface area contributed by atoms with Crippen LogP contribution < -0.4 is 5.73 Å². The van der Waals surface area contributed by atoms with Crippen molar-refractivity contribution in [1.29, 1.82) is 0 Å². The number of aliphatic hydroxyl groups is 1. The van der Waals surface area contributed by atoms with E-state index in [9.17, 15) is 4.79 Å². The minimum Gasteiger partial charge on any atom is -0.394 e. The van der Waals surface area contributed by atoms with Crippen molar-refractivity contribution in [2.45, 2.75) is 25.3 Å². The lowest BCUT2D eigenvalue weighted by molar-refractivity contribution is -0.134. The molecule has 0 aliphatic carbocycles. The first-order valence-corrected chi connectivity index (χ1v) is 8.97. The largest absolute Gasteiger partial charge is 0.394 e. The second-order valence-electron chi connectivity index (χ2n) is 6.82. The van der Waals surface area contributed by atoms with E-state index in [1.807, 2.05) is 6.07 Å². The number of nitrogens with zero attached hydrogens (tertiary/aromatic N) is 1. The number of likely N-dealkylation sites (tertiary alicyclic amines) is 1. The maximum absolute atomic E-state index is 12.0. The summed E-state index contributed by atoms with van der Waals surface area (Å²) in [5, 5.41) is 9.01. The number of carbonyl (C=O) groups excluding carboxylic acids is 1. The molecule has 0 spiro atoms. The van der Waals surface area contributed by atoms with Crippen molar-refractivity contribution in [1.82, 2.24) is 4.90 Å². The van der Waals surface area contributed by atoms with Crippen LogP contribution in [-0.4, -0.2) is 41.7 Å². The summed E-state index contributed by atoms with van der Waals surface area (Å²) in [4.78, 5) is 13.8. The molecule has 0 aromatic heterocycles. The number of hydrogen-bond acceptors (Lipinski definition) is 3. The minimum absolute atomic E-state index is 0. The summed E-state index contributed by atoms with van der Waals surface area (Å²) in [5.41, 5.74) is 9.45. The smallest absolute Gasteiger partial charge is 0.241 e. The van der Waals surface area contributed by atoms with Gasteiger partial charge in [0.15, 0.2) is 0 Å². The second kappa shape index (κ2) is 9.72. The number of amides is 1. The zero-order valence-corrected chi connectivity index (χ0v) is 15.7. The van der Waals surface area contributed by atoms with Crippen molar-refractivity contribution in [3.8, 4) is 11.1 Å². The first kappa shape index (κ1) is 20.4. The first-order valence-electron chi connectivity index (χ1n) is 8.97. The van der Waals surface area contributed by atoms with Crippen LogP contribution >= 0.6 is 12.4 Å². The highest BCUT2D eigenvalue weighted by Crippen LogP contribution is 2.24. The van der Waals surface area contributed by atoms with Crippen molar-refractivity contribution in [3.63, 3.8) is 0 Å². The van der Waals surface area contributed by atoms with E-state index in [2.05, 4.69) is 48.5 Å². The van der Waals surface area contributed by atoms with E-state index in [1.54, 1.807) is 4.90 Å². The molecular weight excluding hydrogens is 348 g/mol. The molecule has 2 aromatic carbocycles. The summed E-state index contributed by atoms with van der Waals surface area (Å²) in [6.45, 7) is 1.19. The molecule has 1 fully saturated rings. The van der Waals surface area contributed by atoms with Crippen molar-refractivity contribution in [2.24, 2.45) is 11.7 Å². The Bertz CT molecular complexity index is 683. The quantitative estimate of drug-likeness (QED) is 0.845. The molecule has 1 aliphatic heterocycles. The predicted octanol–water partition coefficient (Wildman–Crippen LogP) is 2.88. The van der Waals surface area contributed by atoms with Crippen LogP contribution in [0.15, 0.2) is 54.6 Å². The maximum atomic E-state index is 12.0. The van der Waals surface area contributed by atoms with E-state index in [1.165, 1.54) is 16.7 Å². The molecule has 1 heterocycles. The number of rotatable bonds is 5. The summed E-state index contributed by atoms with van der Waals surface area (Å²) in [5.74, 6) is 0.463. The van der Waals surface area contributed by atoms with Crippen LogP contribution in [0, 0.1) is 5.92 Å². The lowest BCUT2D eigenvalue weighted by Crippen LogP contribution is -2.48. The second-order valence-corrected chi connectivity index (χ2v) is 6.82. The van der Waals surface area contributed by atoms with Crippen LogP contribution in [0.5, 0.6) is 0 Å². The highest BCUT2D eigenvalue weighted by atomic mass is 35.5. The van der Waals surface area contributed by atoms with Gasteiger partial charge in [-0.05, 0) is 41.9 Å². The Balaban J connectivity index is 0.00000243. The summed E-state index contributed by atoms with van der Waals surface area (Å²) >= 11 is 0. The number of carbonyl (C=O) groups is 1. The lowest BCUT2D eigenvalue weighted by atomic mass is 9.89. The molecule has 0 radical (unpaired) electrons. The van der Waals surface area contributed by atoms with E-state index in [-0.39, 0.29) is 24.9 Å². The Morgan fingerprint density at radius 1 is 1.04 bits per heavy atom. The number of halogens is 1. The van der Waals surface area contributed by atoms with E-state index >= 15 is 0 Å². The van der Waals surface area contributed by atoms with Crippen LogP contribution in [0.1, 0.15) is 18.4 Å². The summed E-state index contributed by atoms with van der Waals surface area (Å²) < 4.78 is 0. The molecule has 4 nitrogen and oxygen atoms in total. The van der Waals surface area contributed by atoms with Crippen LogP contribution in [-0.2, 0) is 11.2 Å². The Hall–Kier alpha value is -1.88. The molecule has 3 N–H and O–H groups in total. The van der Waals surface area contributed by atoms with E-state index in [0.717, 1.165) is 32.4 Å². The minimum atomic E-state index is -0.776. The van der Waals surface area contributed by atoms with Crippen molar-refractivity contribution < 1.29 is 9.90 Å². The molecular formula is C21H27ClN2O2. The Labute approximate surface area is 161 Å². The molecule has 1 unspecified atom stereocenters. The molecule has 1 aliphatic rings. The molecule has 1 atom stereocenters. The molecule has 1 saturated heterocycles. The average molecular weight is 375 g/mol. The van der Waals surface area contributed by atoms with Crippen molar-refractivity contribution in [3.05, 3.63) is 60.2 Å². The van der Waals surface area contributed by atoms with Gasteiger partial charge in [0.1, 0.15) is 6.04 Å². The van der Waals surface area contributed by atoms with Crippen molar-refractivity contribution in [2.75, 3.05) is 19.7 Å². The third-order valence-corrected chi connectivity index (χ3v) is 5.03. The number of benzene rings is 2. The van der Waals surface area contributed by atoms with E-state index in [4.69, 9.17) is 10.8 Å². The molecule has 0 saturated carbocycles. The Kier molecular flexibility index (Phi) is 7.64. The number of hydrogen-bond donors (Lipinski definition) is 2. The lowest BCUT2D eigenvalue weighted by Gasteiger charge is -2.33. The SMILES string of the molecule is Cl.NC(CO)C(=O)N1CCC(Cc2ccc(-c3ccccc3)cc2)CC1. The van der Waals surface area contributed by atoms with Gasteiger partial charge >= 0.3 is 0 Å². The molecule has 5 heteroatoms. The van der Waals surface area contributed by atoms with E-state index in [0.29, 0.717) is 5.92 Å². The maximum Gasteiger partial charge on any atom is 0.241 e. The number of aliphatic hydroxyl groups excluding tert-OH is 1. The highest BCUT2D eigenvalue weighted by Gasteiger charge is 2.25. The standard InChI is InChI=1S/C21H26N2O2.ClH/c22-20(15-24)21(25)23-12-10-17(11-13-23)14-16-6-8-19(9-7-16)18-4-2-1-3-5-18;/h1-9,17,20,24H,10-15,22H2;1H. The van der Waals surface area contributed by atoms with Crippen LogP contribution in [0.25, 0.3) is 11.1 Å². The highest BCUT2D eigenvalue weighted by molar-refractivity contribution is 5.85. The third kappa shape index (κ3) is 5.07. The average Bonchev–Trinajstić information content (AvgIpc) is 2.68. The van der Waals surface area contributed by atoms with Gasteiger partial charge in [-0.15, -0.1) is 12.4 Å². The molecule has 26 heavy (non-hydrogen) atoms. The zero-order valence-electron chi connectivity index (χ0n) is 14.9. The van der Waals surface area contributed by atoms with Gasteiger partial charge in [0.25, 0.3) is 0 Å². The van der Waals surface area contributed by atoms with Gasteiger partial charge in [-0.1, -0.05) is 54.6 Å². The van der Waals surface area contributed by atoms with Gasteiger partial charge in [0.05, 0.1) is 6.61 Å². The number of piperidine rings is 1. The summed E-state index contributed by atoms with van der Waals surface area (Å²) in [7, 11) is 0. The van der Waals surface area contributed by atoms with Gasteiger partial charge < -0.3 is 15.7 Å². The fourth-order valence-electron chi connectivity index (χ4n) is 3.47. The number of nitrogens with two attached hydrogens (primary N) is 1. The fraction of sp³-hybridized carbons (Fsp3) is 0.381. The Morgan fingerprint density at radius 2 is 1.62 bits per heavy atom. The van der Waals surface area contributed by atoms with Gasteiger partial charge in [-0.3, -0.25) is 4.79 Å².